The van der Waals surface area contributed by atoms with Gasteiger partial charge in [0.2, 0.25) is 5.91 Å². The normalized spacial score (nSPS) is 14.3. The number of nitrogens with two attached hydrogens (primary N) is 1. The third-order valence-corrected chi connectivity index (χ3v) is 2.51. The molecular formula is C11H14N2O2. The van der Waals surface area contributed by atoms with Crippen molar-refractivity contribution in [1.29, 1.82) is 0 Å². The number of likely N-dealkylation sites (N-methyl/N-ethyl adjacent to an activating group) is 1. The van der Waals surface area contributed by atoms with Gasteiger partial charge in [0.05, 0.1) is 12.1 Å². The van der Waals surface area contributed by atoms with Crippen molar-refractivity contribution in [3.8, 4) is 5.75 Å². The zero-order valence-corrected chi connectivity index (χ0v) is 8.69. The molecule has 0 unspecified atom stereocenters. The Morgan fingerprint density at radius 3 is 3.07 bits per heavy atom. The van der Waals surface area contributed by atoms with Gasteiger partial charge in [-0.1, -0.05) is 12.1 Å². The van der Waals surface area contributed by atoms with Crippen LogP contribution in [0.15, 0.2) is 18.2 Å². The number of hydrogen-bond acceptors (Lipinski definition) is 3. The Balaban J connectivity index is 2.34. The molecule has 1 aromatic rings. The fourth-order valence-electron chi connectivity index (χ4n) is 1.78. The van der Waals surface area contributed by atoms with Gasteiger partial charge in [0.1, 0.15) is 12.4 Å². The monoisotopic (exact) mass is 206 g/mol. The van der Waals surface area contributed by atoms with E-state index < -0.39 is 0 Å². The summed E-state index contributed by atoms with van der Waals surface area (Å²) in [7, 11) is 1.77. The molecule has 0 bridgehead atoms. The van der Waals surface area contributed by atoms with E-state index >= 15 is 0 Å². The minimum atomic E-state index is 0.105. The summed E-state index contributed by atoms with van der Waals surface area (Å²) in [6.45, 7) is 0.944. The van der Waals surface area contributed by atoms with Crippen molar-refractivity contribution < 1.29 is 9.53 Å². The number of hydrogen-bond donors (Lipinski definition) is 1. The second-order valence-corrected chi connectivity index (χ2v) is 3.53. The number of amides is 1. The predicted octanol–water partition coefficient (Wildman–Crippen LogP) is 0.543. The average Bonchev–Trinajstić information content (AvgIpc) is 2.53. The lowest BCUT2D eigenvalue weighted by Gasteiger charge is -2.15. The molecule has 0 atom stereocenters. The van der Waals surface area contributed by atoms with Gasteiger partial charge in [-0.05, 0) is 11.6 Å². The minimum Gasteiger partial charge on any atom is -0.490 e. The predicted molar refractivity (Wildman–Crippen MR) is 58.1 cm³/mol. The number of nitrogens with zero attached hydrogens (tertiary/aromatic N) is 1. The van der Waals surface area contributed by atoms with E-state index in [2.05, 4.69) is 0 Å². The van der Waals surface area contributed by atoms with Gasteiger partial charge in [0, 0.05) is 13.6 Å². The summed E-state index contributed by atoms with van der Waals surface area (Å²) in [6.07, 6.45) is 0.464. The Kier molecular flexibility index (Phi) is 2.60. The van der Waals surface area contributed by atoms with Crippen LogP contribution in [0, 0.1) is 0 Å². The lowest BCUT2D eigenvalue weighted by Crippen LogP contribution is -2.21. The molecule has 1 heterocycles. The van der Waals surface area contributed by atoms with Crippen molar-refractivity contribution in [1.82, 2.24) is 0 Å². The van der Waals surface area contributed by atoms with Crippen molar-refractivity contribution in [2.75, 3.05) is 25.1 Å². The van der Waals surface area contributed by atoms with E-state index in [0.717, 1.165) is 17.0 Å². The molecule has 15 heavy (non-hydrogen) atoms. The minimum absolute atomic E-state index is 0.105. The van der Waals surface area contributed by atoms with E-state index in [4.69, 9.17) is 10.5 Å². The summed E-state index contributed by atoms with van der Waals surface area (Å²) in [5.74, 6) is 0.847. The maximum absolute atomic E-state index is 11.5. The molecule has 4 heteroatoms. The molecule has 0 aliphatic carbocycles. The Bertz CT molecular complexity index is 390. The highest BCUT2D eigenvalue weighted by Crippen LogP contribution is 2.36. The van der Waals surface area contributed by atoms with Gasteiger partial charge in [-0.25, -0.2) is 0 Å². The Labute approximate surface area is 88.6 Å². The third-order valence-electron chi connectivity index (χ3n) is 2.51. The molecule has 0 saturated heterocycles. The van der Waals surface area contributed by atoms with Crippen LogP contribution in [0.4, 0.5) is 5.69 Å². The van der Waals surface area contributed by atoms with Crippen molar-refractivity contribution in [2.45, 2.75) is 6.42 Å². The van der Waals surface area contributed by atoms with E-state index in [1.165, 1.54) is 0 Å². The molecule has 1 amide bonds. The molecule has 1 aromatic carbocycles. The van der Waals surface area contributed by atoms with Crippen molar-refractivity contribution in [2.24, 2.45) is 5.73 Å². The van der Waals surface area contributed by atoms with Gasteiger partial charge >= 0.3 is 0 Å². The standard InChI is InChI=1S/C11H14N2O2/c1-13-10(14)7-8-3-2-4-9(11(8)13)15-6-5-12/h2-4H,5-7,12H2,1H3. The van der Waals surface area contributed by atoms with Gasteiger partial charge in [-0.3, -0.25) is 4.79 Å². The molecule has 0 radical (unpaired) electrons. The molecule has 0 saturated carbocycles. The second-order valence-electron chi connectivity index (χ2n) is 3.53. The van der Waals surface area contributed by atoms with Crippen LogP contribution in [0.2, 0.25) is 0 Å². The van der Waals surface area contributed by atoms with Crippen LogP contribution in [0.25, 0.3) is 0 Å². The fraction of sp³-hybridized carbons (Fsp3) is 0.364. The molecule has 0 spiro atoms. The maximum Gasteiger partial charge on any atom is 0.231 e. The molecule has 80 valence electrons. The van der Waals surface area contributed by atoms with E-state index in [-0.39, 0.29) is 5.91 Å². The number of rotatable bonds is 3. The number of fused-ring (bicyclic) bond motifs is 1. The van der Waals surface area contributed by atoms with Crippen LogP contribution in [0.5, 0.6) is 5.75 Å². The molecule has 4 nitrogen and oxygen atoms in total. The van der Waals surface area contributed by atoms with E-state index in [1.54, 1.807) is 11.9 Å². The van der Waals surface area contributed by atoms with Crippen LogP contribution >= 0.6 is 0 Å². The fourth-order valence-corrected chi connectivity index (χ4v) is 1.78. The highest BCUT2D eigenvalue weighted by molar-refractivity contribution is 6.02. The smallest absolute Gasteiger partial charge is 0.231 e. The number of ether oxygens (including phenoxy) is 1. The van der Waals surface area contributed by atoms with Gasteiger partial charge in [-0.15, -0.1) is 0 Å². The largest absolute Gasteiger partial charge is 0.490 e. The van der Waals surface area contributed by atoms with Crippen molar-refractivity contribution >= 4 is 11.6 Å². The topological polar surface area (TPSA) is 55.6 Å². The van der Waals surface area contributed by atoms with Gasteiger partial charge in [-0.2, -0.15) is 0 Å². The van der Waals surface area contributed by atoms with Gasteiger partial charge < -0.3 is 15.4 Å². The molecular weight excluding hydrogens is 192 g/mol. The first-order chi connectivity index (χ1) is 7.24. The Morgan fingerprint density at radius 1 is 1.53 bits per heavy atom. The zero-order chi connectivity index (χ0) is 10.8. The number of benzene rings is 1. The van der Waals surface area contributed by atoms with Crippen molar-refractivity contribution in [3.05, 3.63) is 23.8 Å². The lowest BCUT2D eigenvalue weighted by molar-refractivity contribution is -0.117. The quantitative estimate of drug-likeness (QED) is 0.785. The highest BCUT2D eigenvalue weighted by atomic mass is 16.5. The molecule has 0 aromatic heterocycles. The summed E-state index contributed by atoms with van der Waals surface area (Å²) in [6, 6.07) is 5.72. The first-order valence-corrected chi connectivity index (χ1v) is 4.95. The summed E-state index contributed by atoms with van der Waals surface area (Å²) in [4.78, 5) is 13.1. The summed E-state index contributed by atoms with van der Waals surface area (Å²) >= 11 is 0. The SMILES string of the molecule is CN1C(=O)Cc2cccc(OCCN)c21. The molecule has 1 aliphatic rings. The molecule has 2 rings (SSSR count). The summed E-state index contributed by atoms with van der Waals surface area (Å²) in [5, 5.41) is 0. The maximum atomic E-state index is 11.5. The number of para-hydroxylation sites is 1. The summed E-state index contributed by atoms with van der Waals surface area (Å²) in [5.41, 5.74) is 7.29. The third kappa shape index (κ3) is 1.68. The number of anilines is 1. The first kappa shape index (κ1) is 9.98. The molecule has 0 fully saturated rings. The lowest BCUT2D eigenvalue weighted by atomic mass is 10.1. The summed E-state index contributed by atoms with van der Waals surface area (Å²) < 4.78 is 5.50. The van der Waals surface area contributed by atoms with E-state index in [1.807, 2.05) is 18.2 Å². The Morgan fingerprint density at radius 2 is 2.33 bits per heavy atom. The molecule has 1 aliphatic heterocycles. The van der Waals surface area contributed by atoms with E-state index in [0.29, 0.717) is 19.6 Å². The highest BCUT2D eigenvalue weighted by Gasteiger charge is 2.26. The van der Waals surface area contributed by atoms with Crippen LogP contribution in [0.1, 0.15) is 5.56 Å². The first-order valence-electron chi connectivity index (χ1n) is 4.95. The molecule has 2 N–H and O–H groups in total. The van der Waals surface area contributed by atoms with Gasteiger partial charge in [0.25, 0.3) is 0 Å². The average molecular weight is 206 g/mol. The zero-order valence-electron chi connectivity index (χ0n) is 8.69. The van der Waals surface area contributed by atoms with Crippen LogP contribution in [0.3, 0.4) is 0 Å². The van der Waals surface area contributed by atoms with E-state index in [9.17, 15) is 4.79 Å². The van der Waals surface area contributed by atoms with Crippen LogP contribution in [-0.4, -0.2) is 26.1 Å². The van der Waals surface area contributed by atoms with Crippen LogP contribution in [-0.2, 0) is 11.2 Å². The van der Waals surface area contributed by atoms with Crippen molar-refractivity contribution in [3.63, 3.8) is 0 Å². The van der Waals surface area contributed by atoms with Gasteiger partial charge in [0.15, 0.2) is 0 Å². The Hall–Kier alpha value is -1.55. The number of carbonyl (C=O) groups is 1. The second kappa shape index (κ2) is 3.90. The number of carbonyl (C=O) groups excluding carboxylic acids is 1. The van der Waals surface area contributed by atoms with Crippen LogP contribution < -0.4 is 15.4 Å².